The molecule has 2 unspecified atom stereocenters. The van der Waals surface area contributed by atoms with Crippen LogP contribution in [0.3, 0.4) is 0 Å². The van der Waals surface area contributed by atoms with E-state index in [1.165, 1.54) is 0 Å². The minimum Gasteiger partial charge on any atom is -0.367 e. The molecule has 0 saturated carbocycles. The quantitative estimate of drug-likeness (QED) is 0.893. The molecule has 4 rings (SSSR count). The summed E-state index contributed by atoms with van der Waals surface area (Å²) in [6, 6.07) is 4.22. The highest BCUT2D eigenvalue weighted by molar-refractivity contribution is 5.79. The Bertz CT molecular complexity index is 804. The number of rotatable bonds is 3. The van der Waals surface area contributed by atoms with Gasteiger partial charge in [-0.25, -0.2) is 9.97 Å². The molecule has 2 aliphatic heterocycles. The SMILES string of the molecule is CC1CN(C(=O)C2CCN(C)CC2)CCC1Nc1ccc2nccnc2n1. The second-order valence-electron chi connectivity index (χ2n) is 7.97. The first-order chi connectivity index (χ1) is 13.1. The number of hydrogen-bond acceptors (Lipinski definition) is 6. The number of fused-ring (bicyclic) bond motifs is 1. The molecule has 27 heavy (non-hydrogen) atoms. The number of likely N-dealkylation sites (tertiary alicyclic amines) is 2. The predicted molar refractivity (Wildman–Crippen MR) is 105 cm³/mol. The van der Waals surface area contributed by atoms with E-state index in [9.17, 15) is 4.79 Å². The molecule has 4 heterocycles. The summed E-state index contributed by atoms with van der Waals surface area (Å²) in [7, 11) is 2.13. The molecule has 0 bridgehead atoms. The molecule has 0 radical (unpaired) electrons. The summed E-state index contributed by atoms with van der Waals surface area (Å²) in [4.78, 5) is 30.4. The third kappa shape index (κ3) is 4.03. The van der Waals surface area contributed by atoms with Crippen molar-refractivity contribution < 1.29 is 4.79 Å². The summed E-state index contributed by atoms with van der Waals surface area (Å²) in [5, 5.41) is 3.54. The average Bonchev–Trinajstić information content (AvgIpc) is 2.69. The molecule has 2 fully saturated rings. The lowest BCUT2D eigenvalue weighted by molar-refractivity contribution is -0.138. The van der Waals surface area contributed by atoms with Crippen molar-refractivity contribution in [3.05, 3.63) is 24.5 Å². The smallest absolute Gasteiger partial charge is 0.225 e. The molecule has 0 spiro atoms. The number of nitrogens with one attached hydrogen (secondary N) is 1. The fourth-order valence-electron chi connectivity index (χ4n) is 4.20. The van der Waals surface area contributed by atoms with Crippen LogP contribution in [-0.4, -0.2) is 69.9 Å². The number of hydrogen-bond donors (Lipinski definition) is 1. The van der Waals surface area contributed by atoms with Gasteiger partial charge in [-0.3, -0.25) is 9.78 Å². The predicted octanol–water partition coefficient (Wildman–Crippen LogP) is 2.02. The first-order valence-electron chi connectivity index (χ1n) is 9.92. The van der Waals surface area contributed by atoms with Crippen LogP contribution in [0.25, 0.3) is 11.2 Å². The molecule has 0 aromatic carbocycles. The first kappa shape index (κ1) is 18.1. The molecule has 2 saturated heterocycles. The topological polar surface area (TPSA) is 74.2 Å². The summed E-state index contributed by atoms with van der Waals surface area (Å²) in [5.41, 5.74) is 1.46. The lowest BCUT2D eigenvalue weighted by Gasteiger charge is -2.40. The maximum absolute atomic E-state index is 12.9. The van der Waals surface area contributed by atoms with Gasteiger partial charge in [-0.1, -0.05) is 6.92 Å². The van der Waals surface area contributed by atoms with E-state index in [2.05, 4.69) is 44.0 Å². The molecule has 7 heteroatoms. The summed E-state index contributed by atoms with van der Waals surface area (Å²) < 4.78 is 0. The Balaban J connectivity index is 1.36. The molecule has 7 nitrogen and oxygen atoms in total. The summed E-state index contributed by atoms with van der Waals surface area (Å²) in [6.45, 7) is 5.91. The van der Waals surface area contributed by atoms with Crippen molar-refractivity contribution in [2.45, 2.75) is 32.2 Å². The van der Waals surface area contributed by atoms with Gasteiger partial charge in [0.25, 0.3) is 0 Å². The van der Waals surface area contributed by atoms with E-state index < -0.39 is 0 Å². The third-order valence-electron chi connectivity index (χ3n) is 5.95. The van der Waals surface area contributed by atoms with Gasteiger partial charge in [-0.2, -0.15) is 0 Å². The van der Waals surface area contributed by atoms with Crippen LogP contribution >= 0.6 is 0 Å². The normalized spacial score (nSPS) is 24.9. The average molecular weight is 368 g/mol. The first-order valence-corrected chi connectivity index (χ1v) is 9.92. The molecular weight excluding hydrogens is 340 g/mol. The molecule has 2 aromatic heterocycles. The van der Waals surface area contributed by atoms with E-state index in [-0.39, 0.29) is 5.92 Å². The molecular formula is C20H28N6O. The molecule has 1 amide bonds. The van der Waals surface area contributed by atoms with Gasteiger partial charge >= 0.3 is 0 Å². The van der Waals surface area contributed by atoms with Crippen molar-refractivity contribution >= 4 is 22.9 Å². The van der Waals surface area contributed by atoms with Crippen LogP contribution in [0.2, 0.25) is 0 Å². The zero-order valence-corrected chi connectivity index (χ0v) is 16.1. The minimum absolute atomic E-state index is 0.207. The Labute approximate surface area is 160 Å². The molecule has 2 aliphatic rings. The van der Waals surface area contributed by atoms with E-state index in [0.29, 0.717) is 23.5 Å². The van der Waals surface area contributed by atoms with Crippen LogP contribution < -0.4 is 5.32 Å². The van der Waals surface area contributed by atoms with Gasteiger partial charge in [-0.15, -0.1) is 0 Å². The number of piperidine rings is 2. The lowest BCUT2D eigenvalue weighted by atomic mass is 9.90. The molecule has 144 valence electrons. The van der Waals surface area contributed by atoms with E-state index in [0.717, 1.165) is 56.8 Å². The number of carbonyl (C=O) groups is 1. The molecule has 0 aliphatic carbocycles. The number of nitrogens with zero attached hydrogens (tertiary/aromatic N) is 5. The van der Waals surface area contributed by atoms with Crippen LogP contribution in [0.4, 0.5) is 5.82 Å². The van der Waals surface area contributed by atoms with Crippen LogP contribution in [-0.2, 0) is 4.79 Å². The van der Waals surface area contributed by atoms with E-state index in [1.54, 1.807) is 12.4 Å². The Morgan fingerprint density at radius 2 is 1.89 bits per heavy atom. The van der Waals surface area contributed by atoms with Crippen LogP contribution in [0, 0.1) is 11.8 Å². The van der Waals surface area contributed by atoms with Gasteiger partial charge in [0.05, 0.1) is 0 Å². The highest BCUT2D eigenvalue weighted by atomic mass is 16.2. The zero-order chi connectivity index (χ0) is 18.8. The van der Waals surface area contributed by atoms with E-state index in [4.69, 9.17) is 0 Å². The van der Waals surface area contributed by atoms with Crippen molar-refractivity contribution in [1.29, 1.82) is 0 Å². The van der Waals surface area contributed by atoms with Gasteiger partial charge in [0.15, 0.2) is 5.65 Å². The van der Waals surface area contributed by atoms with Crippen LogP contribution in [0.1, 0.15) is 26.2 Å². The Hall–Kier alpha value is -2.28. The Morgan fingerprint density at radius 1 is 1.11 bits per heavy atom. The van der Waals surface area contributed by atoms with Crippen LogP contribution in [0.15, 0.2) is 24.5 Å². The second-order valence-corrected chi connectivity index (χ2v) is 7.97. The fraction of sp³-hybridized carbons (Fsp3) is 0.600. The van der Waals surface area contributed by atoms with E-state index in [1.807, 2.05) is 12.1 Å². The largest absolute Gasteiger partial charge is 0.367 e. The van der Waals surface area contributed by atoms with Gasteiger partial charge in [-0.05, 0) is 57.5 Å². The highest BCUT2D eigenvalue weighted by Crippen LogP contribution is 2.25. The van der Waals surface area contributed by atoms with Crippen molar-refractivity contribution in [3.8, 4) is 0 Å². The highest BCUT2D eigenvalue weighted by Gasteiger charge is 2.33. The number of aromatic nitrogens is 3. The monoisotopic (exact) mass is 368 g/mol. The fourth-order valence-corrected chi connectivity index (χ4v) is 4.20. The van der Waals surface area contributed by atoms with Crippen molar-refractivity contribution in [2.24, 2.45) is 11.8 Å². The van der Waals surface area contributed by atoms with Gasteiger partial charge in [0, 0.05) is 37.4 Å². The summed E-state index contributed by atoms with van der Waals surface area (Å²) in [5.74, 6) is 1.77. The Morgan fingerprint density at radius 3 is 2.67 bits per heavy atom. The third-order valence-corrected chi connectivity index (χ3v) is 5.95. The number of amides is 1. The zero-order valence-electron chi connectivity index (χ0n) is 16.1. The van der Waals surface area contributed by atoms with Crippen molar-refractivity contribution in [1.82, 2.24) is 24.8 Å². The summed E-state index contributed by atoms with van der Waals surface area (Å²) in [6.07, 6.45) is 6.26. The van der Waals surface area contributed by atoms with Crippen molar-refractivity contribution in [3.63, 3.8) is 0 Å². The van der Waals surface area contributed by atoms with E-state index >= 15 is 0 Å². The minimum atomic E-state index is 0.207. The number of carbonyl (C=O) groups excluding carboxylic acids is 1. The van der Waals surface area contributed by atoms with Crippen LogP contribution in [0.5, 0.6) is 0 Å². The molecule has 1 N–H and O–H groups in total. The van der Waals surface area contributed by atoms with Gasteiger partial charge < -0.3 is 15.1 Å². The Kier molecular flexibility index (Phi) is 5.20. The van der Waals surface area contributed by atoms with Gasteiger partial charge in [0.2, 0.25) is 5.91 Å². The number of pyridine rings is 1. The number of anilines is 1. The molecule has 2 aromatic rings. The maximum Gasteiger partial charge on any atom is 0.225 e. The maximum atomic E-state index is 12.9. The van der Waals surface area contributed by atoms with Gasteiger partial charge in [0.1, 0.15) is 11.3 Å². The standard InChI is InChI=1S/C20H28N6O/c1-14-13-26(20(27)15-5-10-25(2)11-6-15)12-7-16(14)23-18-4-3-17-19(24-18)22-9-8-21-17/h3-4,8-9,14-16H,5-7,10-13H2,1-2H3,(H,22,23,24). The second kappa shape index (κ2) is 7.76. The lowest BCUT2D eigenvalue weighted by Crippen LogP contribution is -2.50. The molecule has 2 atom stereocenters. The summed E-state index contributed by atoms with van der Waals surface area (Å²) >= 11 is 0. The van der Waals surface area contributed by atoms with Crippen molar-refractivity contribution in [2.75, 3.05) is 38.5 Å².